The van der Waals surface area contributed by atoms with E-state index in [1.165, 1.54) is 21.1 Å². The number of carbonyl (C=O) groups is 3. The van der Waals surface area contributed by atoms with E-state index < -0.39 is 57.5 Å². The van der Waals surface area contributed by atoms with Gasteiger partial charge in [0.15, 0.2) is 6.10 Å². The summed E-state index contributed by atoms with van der Waals surface area (Å²) >= 11 is 0. The molecule has 13 heteroatoms. The van der Waals surface area contributed by atoms with Gasteiger partial charge in [-0.15, -0.1) is 0 Å². The van der Waals surface area contributed by atoms with Crippen molar-refractivity contribution >= 4 is 34.5 Å². The maximum Gasteiger partial charge on any atom is 0.344 e. The molecule has 1 aliphatic carbocycles. The van der Waals surface area contributed by atoms with Gasteiger partial charge in [0.2, 0.25) is 5.60 Å². The number of rotatable bonds is 7. The molecule has 0 amide bonds. The number of nitrogens with one attached hydrogen (secondary N) is 1. The molecule has 6 heterocycles. The molecule has 2 aromatic carbocycles. The molecule has 3 N–H and O–H groups in total. The zero-order valence-electron chi connectivity index (χ0n) is 35.3. The number of likely N-dealkylation sites (N-methyl/N-ethyl adjacent to an activating group) is 1. The molecular weight excluding hydrogens is 753 g/mol. The predicted molar refractivity (Wildman–Crippen MR) is 220 cm³/mol. The number of para-hydroxylation sites is 1. The van der Waals surface area contributed by atoms with E-state index in [9.17, 15) is 19.8 Å². The number of hydrogen-bond acceptors (Lipinski definition) is 12. The van der Waals surface area contributed by atoms with Crippen molar-refractivity contribution in [1.82, 2.24) is 14.8 Å². The number of hydrogen-bond donors (Lipinski definition) is 3. The van der Waals surface area contributed by atoms with Crippen LogP contribution in [0.3, 0.4) is 0 Å². The third-order valence-electron chi connectivity index (χ3n) is 15.6. The average molecular weight is 811 g/mol. The van der Waals surface area contributed by atoms with Crippen LogP contribution in [0.2, 0.25) is 0 Å². The van der Waals surface area contributed by atoms with Crippen LogP contribution in [0.1, 0.15) is 75.3 Å². The van der Waals surface area contributed by atoms with E-state index in [1.54, 1.807) is 7.11 Å². The molecule has 1 aromatic heterocycles. The third kappa shape index (κ3) is 5.20. The van der Waals surface area contributed by atoms with E-state index in [0.29, 0.717) is 82.6 Å². The first-order valence-corrected chi connectivity index (χ1v) is 21.2. The van der Waals surface area contributed by atoms with Crippen LogP contribution in [0.4, 0.5) is 5.69 Å². The van der Waals surface area contributed by atoms with Crippen LogP contribution >= 0.6 is 0 Å². The topological polar surface area (TPSA) is 154 Å². The molecule has 1 spiro atoms. The lowest BCUT2D eigenvalue weighted by molar-refractivity contribution is -0.228. The van der Waals surface area contributed by atoms with Gasteiger partial charge >= 0.3 is 17.9 Å². The normalized spacial score (nSPS) is 37.0. The lowest BCUT2D eigenvalue weighted by Gasteiger charge is -2.63. The van der Waals surface area contributed by atoms with Gasteiger partial charge in [0.05, 0.1) is 33.0 Å². The van der Waals surface area contributed by atoms with E-state index >= 15 is 4.79 Å². The number of H-pyrrole nitrogens is 1. The molecule has 9 rings (SSSR count). The summed E-state index contributed by atoms with van der Waals surface area (Å²) in [6.07, 6.45) is 5.94. The van der Waals surface area contributed by atoms with Gasteiger partial charge < -0.3 is 39.0 Å². The highest BCUT2D eigenvalue weighted by molar-refractivity contribution is 5.95. The predicted octanol–water partition coefficient (Wildman–Crippen LogP) is 3.99. The fourth-order valence-corrected chi connectivity index (χ4v) is 13.5. The Morgan fingerprint density at radius 3 is 2.41 bits per heavy atom. The quantitative estimate of drug-likeness (QED) is 0.180. The van der Waals surface area contributed by atoms with Crippen molar-refractivity contribution in [1.29, 1.82) is 0 Å². The lowest BCUT2D eigenvalue weighted by Crippen LogP contribution is -2.81. The van der Waals surface area contributed by atoms with E-state index in [-0.39, 0.29) is 12.0 Å². The molecule has 3 aromatic rings. The number of methoxy groups -OCH3 is 3. The molecule has 2 bridgehead atoms. The summed E-state index contributed by atoms with van der Waals surface area (Å²) in [7, 11) is 6.15. The molecule has 6 aliphatic rings. The van der Waals surface area contributed by atoms with Crippen LogP contribution in [0.25, 0.3) is 10.9 Å². The van der Waals surface area contributed by atoms with Gasteiger partial charge in [0.25, 0.3) is 0 Å². The van der Waals surface area contributed by atoms with Crippen molar-refractivity contribution in [3.05, 3.63) is 70.9 Å². The second kappa shape index (κ2) is 13.8. The van der Waals surface area contributed by atoms with Crippen LogP contribution in [0.5, 0.6) is 5.75 Å². The fraction of sp³-hybridized carbons (Fsp3) is 0.587. The average Bonchev–Trinajstić information content (AvgIpc) is 3.90. The van der Waals surface area contributed by atoms with Crippen LogP contribution in [0, 0.1) is 11.3 Å². The van der Waals surface area contributed by atoms with Gasteiger partial charge in [-0.25, -0.2) is 4.79 Å². The Morgan fingerprint density at radius 2 is 1.71 bits per heavy atom. The van der Waals surface area contributed by atoms with Crippen molar-refractivity contribution in [2.75, 3.05) is 66.0 Å². The summed E-state index contributed by atoms with van der Waals surface area (Å²) in [6, 6.07) is 11.0. The summed E-state index contributed by atoms with van der Waals surface area (Å²) in [5, 5.41) is 26.3. The summed E-state index contributed by atoms with van der Waals surface area (Å²) < 4.78 is 23.9. The van der Waals surface area contributed by atoms with Crippen LogP contribution in [-0.4, -0.2) is 133 Å². The van der Waals surface area contributed by atoms with Gasteiger partial charge in [-0.3, -0.25) is 19.4 Å². The molecule has 2 saturated heterocycles. The highest BCUT2D eigenvalue weighted by atomic mass is 16.6. The number of ether oxygens (including phenoxy) is 4. The number of piperidine rings is 1. The van der Waals surface area contributed by atoms with Crippen LogP contribution in [-0.2, 0) is 45.8 Å². The molecule has 5 aliphatic heterocycles. The second-order valence-corrected chi connectivity index (χ2v) is 18.2. The number of anilines is 1. The van der Waals surface area contributed by atoms with Gasteiger partial charge in [-0.2, -0.15) is 0 Å². The fourth-order valence-electron chi connectivity index (χ4n) is 13.5. The minimum absolute atomic E-state index is 0.0986. The van der Waals surface area contributed by atoms with E-state index in [1.807, 2.05) is 50.1 Å². The summed E-state index contributed by atoms with van der Waals surface area (Å²) in [5.74, 6) is -1.56. The number of aliphatic hydroxyl groups is 2. The lowest BCUT2D eigenvalue weighted by atomic mass is 9.47. The van der Waals surface area contributed by atoms with Gasteiger partial charge in [-0.05, 0) is 74.2 Å². The molecule has 59 heavy (non-hydrogen) atoms. The summed E-state index contributed by atoms with van der Waals surface area (Å²) in [5.41, 5.74) is -1.62. The van der Waals surface area contributed by atoms with E-state index in [0.717, 1.165) is 33.4 Å². The Morgan fingerprint density at radius 1 is 0.949 bits per heavy atom. The van der Waals surface area contributed by atoms with Crippen molar-refractivity contribution in [2.45, 2.75) is 99.5 Å². The van der Waals surface area contributed by atoms with Crippen molar-refractivity contribution < 1.29 is 43.5 Å². The van der Waals surface area contributed by atoms with Gasteiger partial charge in [-0.1, -0.05) is 44.2 Å². The number of aromatic amines is 1. The third-order valence-corrected chi connectivity index (χ3v) is 15.6. The van der Waals surface area contributed by atoms with Crippen LogP contribution in [0.15, 0.2) is 48.6 Å². The second-order valence-electron chi connectivity index (χ2n) is 18.2. The van der Waals surface area contributed by atoms with Crippen molar-refractivity contribution in [3.63, 3.8) is 0 Å². The van der Waals surface area contributed by atoms with Crippen LogP contribution < -0.4 is 9.64 Å². The number of benzene rings is 2. The molecule has 1 unspecified atom stereocenters. The molecule has 13 nitrogen and oxygen atoms in total. The first-order chi connectivity index (χ1) is 28.2. The Balaban J connectivity index is 1.36. The Labute approximate surface area is 345 Å². The highest BCUT2D eigenvalue weighted by Gasteiger charge is 2.80. The SMILES string of the molecule is CC[C@@]1(O)C[C@H]2CN(CCc3c([nH]c4ccccc34)[C@](C(=O)OC)(c3cc4c(cc3OC)N(C)[C@@H]3[C@](O)(C(=O)OC)[C@@H](OC(C)=O)[C@@]5(CC)C=CCN6CC[C@@]43[C@H]65)C2)C1. The molecular formula is C46H58N4O9. The molecule has 1 saturated carbocycles. The summed E-state index contributed by atoms with van der Waals surface area (Å²) in [4.78, 5) is 53.2. The first kappa shape index (κ1) is 40.0. The molecule has 316 valence electrons. The maximum atomic E-state index is 15.3. The zero-order valence-corrected chi connectivity index (χ0v) is 35.3. The Kier molecular flexibility index (Phi) is 9.36. The van der Waals surface area contributed by atoms with E-state index in [2.05, 4.69) is 39.1 Å². The minimum atomic E-state index is -2.30. The van der Waals surface area contributed by atoms with E-state index in [4.69, 9.17) is 18.9 Å². The molecule has 10 atom stereocenters. The number of esters is 3. The van der Waals surface area contributed by atoms with Crippen molar-refractivity contribution in [3.8, 4) is 5.75 Å². The Bertz CT molecular complexity index is 2260. The monoisotopic (exact) mass is 810 g/mol. The first-order valence-electron chi connectivity index (χ1n) is 21.2. The molecule has 0 radical (unpaired) electrons. The smallest absolute Gasteiger partial charge is 0.344 e. The number of nitrogens with zero attached hydrogens (tertiary/aromatic N) is 3. The standard InChI is InChI=1S/C46H58N4O9/c1-8-42(54)23-28-24-45(40(52)57-6,36-30(15-19-49(25-28)26-42)29-13-10-11-14-33(29)47-36)32-21-31-34(22-35(32)56-5)48(4)38-44(31)17-20-50-18-12-16-43(9-2,37(44)50)39(59-27(3)51)46(38,55)41(53)58-7/h10-14,16,21-22,28,37-39,47,54-55H,8-9,15,17-20,23-26H2,1-7H3/t28-,37-,38+,39+,42-,43+,44+,45-,46-/m1/s1. The van der Waals surface area contributed by atoms with Gasteiger partial charge in [0, 0.05) is 90.9 Å². The number of fused-ring (bicyclic) bond motifs is 6. The minimum Gasteiger partial charge on any atom is -0.496 e. The zero-order chi connectivity index (χ0) is 41.9. The van der Waals surface area contributed by atoms with Gasteiger partial charge in [0.1, 0.15) is 11.2 Å². The molecule has 3 fully saturated rings. The number of carbonyl (C=O) groups excluding carboxylic acids is 3. The Hall–Kier alpha value is -4.43. The largest absolute Gasteiger partial charge is 0.496 e. The summed E-state index contributed by atoms with van der Waals surface area (Å²) in [6.45, 7) is 8.62. The number of aromatic nitrogens is 1. The maximum absolute atomic E-state index is 15.3. The van der Waals surface area contributed by atoms with Crippen molar-refractivity contribution in [2.24, 2.45) is 11.3 Å². The highest BCUT2D eigenvalue weighted by Crippen LogP contribution is 2.68.